The minimum Gasteiger partial charge on any atom is -0.507 e. The highest BCUT2D eigenvalue weighted by molar-refractivity contribution is 6.31. The molecule has 0 aromatic heterocycles. The molecule has 5 N–H and O–H groups in total. The van der Waals surface area contributed by atoms with Crippen LogP contribution in [0.2, 0.25) is 0 Å². The number of hydrogen-bond acceptors (Lipinski definition) is 10. The van der Waals surface area contributed by atoms with Crippen LogP contribution in [0.4, 0.5) is 10.5 Å². The number of rotatable bonds is 5. The number of nitrogens with one attached hydrogen (secondary N) is 1. The molecule has 12 heteroatoms. The van der Waals surface area contributed by atoms with Crippen LogP contribution in [-0.2, 0) is 25.6 Å². The van der Waals surface area contributed by atoms with Gasteiger partial charge in [-0.25, -0.2) is 4.79 Å². The molecule has 230 valence electrons. The van der Waals surface area contributed by atoms with Gasteiger partial charge in [0.2, 0.25) is 5.91 Å². The normalized spacial score (nSPS) is 25.5. The summed E-state index contributed by atoms with van der Waals surface area (Å²) in [5.74, 6) is -9.77. The van der Waals surface area contributed by atoms with E-state index in [9.17, 15) is 39.0 Å². The Morgan fingerprint density at radius 2 is 1.58 bits per heavy atom. The van der Waals surface area contributed by atoms with Gasteiger partial charge in [0.05, 0.1) is 18.6 Å². The smallest absolute Gasteiger partial charge is 0.417 e. The number of carbonyl (C=O) groups is 6. The van der Waals surface area contributed by atoms with Crippen LogP contribution < -0.4 is 20.5 Å². The van der Waals surface area contributed by atoms with Gasteiger partial charge in [-0.05, 0) is 77.9 Å². The van der Waals surface area contributed by atoms with Crippen LogP contribution in [0.1, 0.15) is 28.8 Å². The number of primary amides is 1. The highest BCUT2D eigenvalue weighted by Gasteiger charge is 2.66. The lowest BCUT2D eigenvalue weighted by Gasteiger charge is -2.48. The Balaban J connectivity index is 1.26. The molecule has 3 aromatic carbocycles. The van der Waals surface area contributed by atoms with Gasteiger partial charge in [0, 0.05) is 18.0 Å². The van der Waals surface area contributed by atoms with Gasteiger partial charge >= 0.3 is 6.09 Å². The van der Waals surface area contributed by atoms with Gasteiger partial charge in [0.25, 0.3) is 0 Å². The number of benzene rings is 3. The third-order valence-electron chi connectivity index (χ3n) is 9.00. The van der Waals surface area contributed by atoms with Gasteiger partial charge in [-0.15, -0.1) is 0 Å². The molecule has 2 saturated carbocycles. The molecule has 6 rings (SSSR count). The van der Waals surface area contributed by atoms with Crippen molar-refractivity contribution < 1.29 is 48.5 Å². The second-order valence-corrected chi connectivity index (χ2v) is 11.5. The van der Waals surface area contributed by atoms with Crippen molar-refractivity contribution in [2.45, 2.75) is 24.9 Å². The molecular formula is C33H28N2O10. The fraction of sp³-hybridized carbons (Fsp3) is 0.273. The standard InChI is InChI=1S/C33H28N2O10/c1-44-19-6-8-20(9-7-19)45-32(42)35-18-4-2-15(3-5-18)21-10-11-23(36)26-22(21)13-16-12-17-14-24(37)27(31(34)41)30(40)33(17,43)29(39)25(16)28(26)38/h2-11,16-17,25,27,36,43H,12-14H2,1H3,(H2,34,41)(H,35,42)/t16-,17+,25?,27?,33+/m1/s1. The molecule has 12 nitrogen and oxygen atoms in total. The Labute approximate surface area is 256 Å². The molecule has 2 amide bonds. The Kier molecular flexibility index (Phi) is 7.24. The van der Waals surface area contributed by atoms with Crippen molar-refractivity contribution in [3.05, 3.63) is 71.8 Å². The molecule has 2 fully saturated rings. The molecule has 0 radical (unpaired) electrons. The van der Waals surface area contributed by atoms with E-state index in [1.165, 1.54) is 13.2 Å². The summed E-state index contributed by atoms with van der Waals surface area (Å²) >= 11 is 0. The Hall–Kier alpha value is -5.36. The lowest BCUT2D eigenvalue weighted by atomic mass is 9.53. The van der Waals surface area contributed by atoms with Crippen LogP contribution >= 0.6 is 0 Å². The third-order valence-corrected chi connectivity index (χ3v) is 9.00. The van der Waals surface area contributed by atoms with Crippen molar-refractivity contribution in [1.29, 1.82) is 0 Å². The SMILES string of the molecule is COc1ccc(OC(=O)Nc2ccc(-c3ccc(O)c4c3C[C@H]3C[C@H]5CC(=O)C(C(N)=O)C(=O)[C@@]5(O)C(=O)C3C4=O)cc2)cc1. The number of phenolic OH excluding ortho intramolecular Hbond substituents is 1. The first kappa shape index (κ1) is 29.7. The van der Waals surface area contributed by atoms with Crippen LogP contribution in [-0.4, -0.2) is 58.1 Å². The number of anilines is 1. The second kappa shape index (κ2) is 11.0. The van der Waals surface area contributed by atoms with E-state index in [0.29, 0.717) is 33.9 Å². The van der Waals surface area contributed by atoms with Crippen LogP contribution in [0, 0.1) is 23.7 Å². The molecule has 3 aliphatic rings. The maximum atomic E-state index is 13.8. The summed E-state index contributed by atoms with van der Waals surface area (Å²) in [5, 5.41) is 24.7. The summed E-state index contributed by atoms with van der Waals surface area (Å²) in [7, 11) is 1.53. The molecule has 0 bridgehead atoms. The average molecular weight is 613 g/mol. The number of hydrogen-bond donors (Lipinski definition) is 4. The summed E-state index contributed by atoms with van der Waals surface area (Å²) < 4.78 is 10.4. The molecule has 0 aliphatic heterocycles. The first-order chi connectivity index (χ1) is 21.4. The molecule has 2 unspecified atom stereocenters. The summed E-state index contributed by atoms with van der Waals surface area (Å²) in [6, 6.07) is 16.1. The third kappa shape index (κ3) is 4.83. The number of nitrogens with two attached hydrogens (primary N) is 1. The molecule has 45 heavy (non-hydrogen) atoms. The monoisotopic (exact) mass is 612 g/mol. The van der Waals surface area contributed by atoms with Crippen LogP contribution in [0.25, 0.3) is 11.1 Å². The lowest BCUT2D eigenvalue weighted by molar-refractivity contribution is -0.175. The Morgan fingerprint density at radius 3 is 2.22 bits per heavy atom. The topological polar surface area (TPSA) is 199 Å². The fourth-order valence-corrected chi connectivity index (χ4v) is 6.87. The van der Waals surface area contributed by atoms with E-state index in [1.54, 1.807) is 54.6 Å². The number of Topliss-reactive ketones (excluding diaryl/α,β-unsaturated/α-hetero) is 4. The van der Waals surface area contributed by atoms with E-state index in [1.807, 2.05) is 0 Å². The van der Waals surface area contributed by atoms with Crippen molar-refractivity contribution >= 4 is 40.8 Å². The summed E-state index contributed by atoms with van der Waals surface area (Å²) in [6.07, 6.45) is -0.983. The van der Waals surface area contributed by atoms with Gasteiger partial charge in [0.15, 0.2) is 34.7 Å². The van der Waals surface area contributed by atoms with Crippen molar-refractivity contribution in [2.24, 2.45) is 29.4 Å². The predicted molar refractivity (Wildman–Crippen MR) is 157 cm³/mol. The number of ether oxygens (including phenoxy) is 2. The van der Waals surface area contributed by atoms with Crippen molar-refractivity contribution in [3.8, 4) is 28.4 Å². The predicted octanol–water partition coefficient (Wildman–Crippen LogP) is 2.61. The summed E-state index contributed by atoms with van der Waals surface area (Å²) in [6.45, 7) is 0. The van der Waals surface area contributed by atoms with E-state index < -0.39 is 70.8 Å². The maximum Gasteiger partial charge on any atom is 0.417 e. The number of carbonyl (C=O) groups excluding carboxylic acids is 6. The second-order valence-electron chi connectivity index (χ2n) is 11.5. The van der Waals surface area contributed by atoms with Crippen LogP contribution in [0.15, 0.2) is 60.7 Å². The number of amides is 2. The molecule has 0 heterocycles. The summed E-state index contributed by atoms with van der Waals surface area (Å²) in [4.78, 5) is 77.4. The van der Waals surface area contributed by atoms with Crippen molar-refractivity contribution in [2.75, 3.05) is 12.4 Å². The highest BCUT2D eigenvalue weighted by Crippen LogP contribution is 2.51. The maximum absolute atomic E-state index is 13.8. The van der Waals surface area contributed by atoms with E-state index in [-0.39, 0.29) is 24.2 Å². The minimum absolute atomic E-state index is 0.00465. The summed E-state index contributed by atoms with van der Waals surface area (Å²) in [5.41, 5.74) is 4.58. The largest absolute Gasteiger partial charge is 0.507 e. The van der Waals surface area contributed by atoms with Gasteiger partial charge in [-0.3, -0.25) is 29.3 Å². The van der Waals surface area contributed by atoms with E-state index in [0.717, 1.165) is 0 Å². The molecule has 3 aliphatic carbocycles. The van der Waals surface area contributed by atoms with Gasteiger partial charge in [0.1, 0.15) is 17.2 Å². The number of ketones is 4. The molecular weight excluding hydrogens is 584 g/mol. The number of aliphatic hydroxyl groups is 1. The number of methoxy groups -OCH3 is 1. The average Bonchev–Trinajstić information content (AvgIpc) is 3.00. The number of fused-ring (bicyclic) bond motifs is 3. The molecule has 0 saturated heterocycles. The highest BCUT2D eigenvalue weighted by atomic mass is 16.6. The Morgan fingerprint density at radius 1 is 0.911 bits per heavy atom. The minimum atomic E-state index is -2.70. The zero-order chi connectivity index (χ0) is 32.2. The first-order valence-electron chi connectivity index (χ1n) is 14.2. The molecule has 3 aromatic rings. The number of aromatic hydroxyl groups is 1. The number of phenols is 1. The zero-order valence-electron chi connectivity index (χ0n) is 23.9. The van der Waals surface area contributed by atoms with E-state index in [2.05, 4.69) is 5.32 Å². The van der Waals surface area contributed by atoms with Gasteiger partial charge in [-0.1, -0.05) is 18.2 Å². The lowest BCUT2D eigenvalue weighted by Crippen LogP contribution is -2.68. The molecule has 0 spiro atoms. The van der Waals surface area contributed by atoms with Gasteiger partial charge < -0.3 is 25.4 Å². The Bertz CT molecular complexity index is 1780. The fourth-order valence-electron chi connectivity index (χ4n) is 6.87. The first-order valence-corrected chi connectivity index (χ1v) is 14.2. The quantitative estimate of drug-likeness (QED) is 0.311. The van der Waals surface area contributed by atoms with E-state index >= 15 is 0 Å². The van der Waals surface area contributed by atoms with E-state index in [4.69, 9.17) is 15.2 Å². The van der Waals surface area contributed by atoms with Crippen LogP contribution in [0.3, 0.4) is 0 Å². The van der Waals surface area contributed by atoms with Gasteiger partial charge in [-0.2, -0.15) is 0 Å². The van der Waals surface area contributed by atoms with Crippen molar-refractivity contribution in [3.63, 3.8) is 0 Å². The molecule has 5 atom stereocenters. The van der Waals surface area contributed by atoms with Crippen molar-refractivity contribution in [1.82, 2.24) is 0 Å². The van der Waals surface area contributed by atoms with Crippen LogP contribution in [0.5, 0.6) is 17.2 Å². The zero-order valence-corrected chi connectivity index (χ0v) is 23.9.